The molecule has 1 N–H and O–H groups in total. The fourth-order valence-corrected chi connectivity index (χ4v) is 4.88. The molecule has 0 bridgehead atoms. The molecule has 2 aliphatic rings. The molecule has 1 fully saturated rings. The van der Waals surface area contributed by atoms with E-state index in [0.717, 1.165) is 17.5 Å². The molecule has 4 rings (SSSR count). The fourth-order valence-electron chi connectivity index (χ4n) is 4.88. The maximum atomic E-state index is 13.9. The van der Waals surface area contributed by atoms with Gasteiger partial charge >= 0.3 is 0 Å². The summed E-state index contributed by atoms with van der Waals surface area (Å²) in [6.45, 7) is 3.06. The minimum atomic E-state index is -0.925. The quantitative estimate of drug-likeness (QED) is 0.890. The Kier molecular flexibility index (Phi) is 4.56. The number of rotatable bonds is 3. The van der Waals surface area contributed by atoms with Gasteiger partial charge in [-0.1, -0.05) is 37.3 Å². The lowest BCUT2D eigenvalue weighted by atomic mass is 9.56. The number of fused-ring (bicyclic) bond motifs is 1. The van der Waals surface area contributed by atoms with Crippen molar-refractivity contribution in [3.05, 3.63) is 65.5 Å². The summed E-state index contributed by atoms with van der Waals surface area (Å²) in [6.07, 6.45) is 5.37. The third-order valence-electron chi connectivity index (χ3n) is 6.28. The molecule has 1 aliphatic carbocycles. The average Bonchev–Trinajstić information content (AvgIpc) is 3.12. The van der Waals surface area contributed by atoms with Gasteiger partial charge in [0, 0.05) is 31.9 Å². The lowest BCUT2D eigenvalue weighted by Gasteiger charge is -2.51. The number of piperidine rings is 1. The predicted molar refractivity (Wildman–Crippen MR) is 104 cm³/mol. The normalized spacial score (nSPS) is 29.8. The van der Waals surface area contributed by atoms with Crippen LogP contribution in [-0.4, -0.2) is 38.3 Å². The van der Waals surface area contributed by atoms with Crippen LogP contribution in [-0.2, 0) is 23.8 Å². The van der Waals surface area contributed by atoms with Gasteiger partial charge in [-0.2, -0.15) is 10.4 Å². The number of carbonyl (C=O) groups excluding carboxylic acids is 1. The number of aryl methyl sites for hydroxylation is 1. The summed E-state index contributed by atoms with van der Waals surface area (Å²) in [5, 5.41) is 24.4. The van der Waals surface area contributed by atoms with Crippen molar-refractivity contribution in [3.63, 3.8) is 0 Å². The number of hydrogen-bond donors (Lipinski definition) is 1. The highest BCUT2D eigenvalue weighted by Crippen LogP contribution is 2.50. The van der Waals surface area contributed by atoms with E-state index in [1.54, 1.807) is 17.0 Å². The highest BCUT2D eigenvalue weighted by atomic mass is 16.3. The van der Waals surface area contributed by atoms with Gasteiger partial charge in [0.25, 0.3) is 0 Å². The van der Waals surface area contributed by atoms with Crippen molar-refractivity contribution >= 4 is 5.91 Å². The van der Waals surface area contributed by atoms with E-state index in [1.807, 2.05) is 55.4 Å². The van der Waals surface area contributed by atoms with Gasteiger partial charge < -0.3 is 10.0 Å². The molecule has 4 atom stereocenters. The third kappa shape index (κ3) is 2.74. The van der Waals surface area contributed by atoms with Gasteiger partial charge in [-0.3, -0.25) is 9.48 Å². The monoisotopic (exact) mass is 376 g/mol. The van der Waals surface area contributed by atoms with Gasteiger partial charge in [0.15, 0.2) is 0 Å². The average molecular weight is 376 g/mol. The van der Waals surface area contributed by atoms with Gasteiger partial charge in [0.2, 0.25) is 5.91 Å². The zero-order chi connectivity index (χ0) is 19.9. The van der Waals surface area contributed by atoms with Crippen LogP contribution in [0.3, 0.4) is 0 Å². The third-order valence-corrected chi connectivity index (χ3v) is 6.28. The molecule has 28 heavy (non-hydrogen) atoms. The first kappa shape index (κ1) is 18.5. The number of aromatic nitrogens is 2. The van der Waals surface area contributed by atoms with E-state index in [2.05, 4.69) is 11.2 Å². The van der Waals surface area contributed by atoms with Crippen molar-refractivity contribution < 1.29 is 9.90 Å². The standard InChI is InChI=1S/C22H24N4O2/c1-15-19-8-9-26(14-16-12-24-25(2)13-16)21(28)22(19,10-17(11-23)20(15)27)18-6-4-3-5-7-18/h3-7,10,12-13,15,19-20,27H,8-9,14H2,1-2H3/t15-,19-,20?,22+/m0/s1. The lowest BCUT2D eigenvalue weighted by molar-refractivity contribution is -0.145. The SMILES string of the molecule is C[C@@H]1C(O)C(C#N)=C[C@]2(c3ccccc3)C(=O)N(Cc3cnn(C)c3)CC[C@@H]12. The van der Waals surface area contributed by atoms with E-state index >= 15 is 0 Å². The summed E-state index contributed by atoms with van der Waals surface area (Å²) in [4.78, 5) is 15.7. The Bertz CT molecular complexity index is 958. The molecule has 1 saturated heterocycles. The molecule has 1 aromatic carbocycles. The lowest BCUT2D eigenvalue weighted by Crippen LogP contribution is -2.59. The molecule has 2 heterocycles. The van der Waals surface area contributed by atoms with Gasteiger partial charge in [0.1, 0.15) is 0 Å². The van der Waals surface area contributed by atoms with E-state index in [-0.39, 0.29) is 23.3 Å². The molecule has 1 unspecified atom stereocenters. The number of nitrogens with zero attached hydrogens (tertiary/aromatic N) is 4. The van der Waals surface area contributed by atoms with Crippen LogP contribution in [0, 0.1) is 23.2 Å². The minimum absolute atomic E-state index is 0.00898. The van der Waals surface area contributed by atoms with Crippen LogP contribution < -0.4 is 0 Å². The summed E-state index contributed by atoms with van der Waals surface area (Å²) >= 11 is 0. The molecule has 2 aromatic rings. The Morgan fingerprint density at radius 3 is 2.75 bits per heavy atom. The van der Waals surface area contributed by atoms with Crippen molar-refractivity contribution in [1.29, 1.82) is 5.26 Å². The van der Waals surface area contributed by atoms with E-state index < -0.39 is 11.5 Å². The van der Waals surface area contributed by atoms with Crippen LogP contribution in [0.25, 0.3) is 0 Å². The molecule has 144 valence electrons. The minimum Gasteiger partial charge on any atom is -0.387 e. The molecular formula is C22H24N4O2. The number of nitriles is 1. The van der Waals surface area contributed by atoms with E-state index in [4.69, 9.17) is 0 Å². The van der Waals surface area contributed by atoms with E-state index in [1.165, 1.54) is 0 Å². The fraction of sp³-hybridized carbons (Fsp3) is 0.409. The molecule has 1 aliphatic heterocycles. The Labute approximate surface area is 164 Å². The first-order chi connectivity index (χ1) is 13.5. The molecule has 0 radical (unpaired) electrons. The maximum absolute atomic E-state index is 13.9. The number of aliphatic hydroxyl groups excluding tert-OH is 1. The zero-order valence-corrected chi connectivity index (χ0v) is 16.1. The second kappa shape index (κ2) is 6.92. The Hall–Kier alpha value is -2.91. The number of amides is 1. The molecule has 6 nitrogen and oxygen atoms in total. The van der Waals surface area contributed by atoms with E-state index in [9.17, 15) is 15.2 Å². The zero-order valence-electron chi connectivity index (χ0n) is 16.1. The van der Waals surface area contributed by atoms with Gasteiger partial charge in [0.05, 0.1) is 29.4 Å². The summed E-state index contributed by atoms with van der Waals surface area (Å²) in [6, 6.07) is 11.8. The van der Waals surface area contributed by atoms with Gasteiger partial charge in [-0.05, 0) is 29.9 Å². The van der Waals surface area contributed by atoms with Crippen LogP contribution in [0.1, 0.15) is 24.5 Å². The molecule has 1 aromatic heterocycles. The van der Waals surface area contributed by atoms with Crippen LogP contribution in [0.15, 0.2) is 54.4 Å². The summed E-state index contributed by atoms with van der Waals surface area (Å²) in [5.41, 5.74) is 1.22. The first-order valence-electron chi connectivity index (χ1n) is 9.60. The Morgan fingerprint density at radius 2 is 2.11 bits per heavy atom. The largest absolute Gasteiger partial charge is 0.387 e. The topological polar surface area (TPSA) is 82.2 Å². The van der Waals surface area contributed by atoms with Crippen LogP contribution >= 0.6 is 0 Å². The smallest absolute Gasteiger partial charge is 0.237 e. The molecule has 0 saturated carbocycles. The Balaban J connectivity index is 1.83. The van der Waals surface area contributed by atoms with Crippen LogP contribution in [0.5, 0.6) is 0 Å². The van der Waals surface area contributed by atoms with E-state index in [0.29, 0.717) is 13.1 Å². The van der Waals surface area contributed by atoms with Crippen LogP contribution in [0.4, 0.5) is 0 Å². The van der Waals surface area contributed by atoms with Crippen molar-refractivity contribution in [1.82, 2.24) is 14.7 Å². The molecule has 0 spiro atoms. The van der Waals surface area contributed by atoms with Crippen LogP contribution in [0.2, 0.25) is 0 Å². The summed E-state index contributed by atoms with van der Waals surface area (Å²) in [7, 11) is 1.86. The number of hydrogen-bond acceptors (Lipinski definition) is 4. The van der Waals surface area contributed by atoms with Gasteiger partial charge in [-0.25, -0.2) is 0 Å². The second-order valence-electron chi connectivity index (χ2n) is 7.89. The molecule has 1 amide bonds. The Morgan fingerprint density at radius 1 is 1.36 bits per heavy atom. The highest BCUT2D eigenvalue weighted by Gasteiger charge is 2.56. The summed E-state index contributed by atoms with van der Waals surface area (Å²) < 4.78 is 1.73. The number of likely N-dealkylation sites (tertiary alicyclic amines) is 1. The van der Waals surface area contributed by atoms with Crippen molar-refractivity contribution in [3.8, 4) is 6.07 Å². The number of benzene rings is 1. The summed E-state index contributed by atoms with van der Waals surface area (Å²) in [5.74, 6) is -0.241. The second-order valence-corrected chi connectivity index (χ2v) is 7.89. The molecular weight excluding hydrogens is 352 g/mol. The number of aliphatic hydroxyl groups is 1. The maximum Gasteiger partial charge on any atom is 0.237 e. The first-order valence-corrected chi connectivity index (χ1v) is 9.60. The van der Waals surface area contributed by atoms with Crippen molar-refractivity contribution in [2.75, 3.05) is 6.54 Å². The van der Waals surface area contributed by atoms with Gasteiger partial charge in [-0.15, -0.1) is 0 Å². The highest BCUT2D eigenvalue weighted by molar-refractivity contribution is 5.92. The predicted octanol–water partition coefficient (Wildman–Crippen LogP) is 2.17. The number of carbonyl (C=O) groups is 1. The van der Waals surface area contributed by atoms with Crippen molar-refractivity contribution in [2.45, 2.75) is 31.4 Å². The molecule has 6 heteroatoms. The van der Waals surface area contributed by atoms with Crippen molar-refractivity contribution in [2.24, 2.45) is 18.9 Å².